The van der Waals surface area contributed by atoms with E-state index in [-0.39, 0.29) is 13.2 Å². The summed E-state index contributed by atoms with van der Waals surface area (Å²) in [6.45, 7) is 3.90. The molecular formula is C22H26O4. The summed E-state index contributed by atoms with van der Waals surface area (Å²) in [7, 11) is 0. The molecule has 0 spiro atoms. The molecule has 4 heteroatoms. The number of hydrogen-bond donors (Lipinski definition) is 1. The second kappa shape index (κ2) is 7.60. The van der Waals surface area contributed by atoms with Gasteiger partial charge in [0.05, 0.1) is 13.2 Å². The van der Waals surface area contributed by atoms with E-state index in [1.54, 1.807) is 13.8 Å². The van der Waals surface area contributed by atoms with E-state index in [4.69, 9.17) is 9.47 Å². The third-order valence-electron chi connectivity index (χ3n) is 5.32. The van der Waals surface area contributed by atoms with E-state index in [1.807, 2.05) is 42.5 Å². The predicted octanol–water partition coefficient (Wildman–Crippen LogP) is 4.11. The van der Waals surface area contributed by atoms with Crippen molar-refractivity contribution in [2.45, 2.75) is 50.9 Å². The quantitative estimate of drug-likeness (QED) is 0.761. The lowest BCUT2D eigenvalue weighted by molar-refractivity contribution is -0.229. The predicted molar refractivity (Wildman–Crippen MR) is 101 cm³/mol. The molecule has 1 aliphatic carbocycles. The highest BCUT2D eigenvalue weighted by atomic mass is 16.6. The van der Waals surface area contributed by atoms with Gasteiger partial charge in [-0.15, -0.1) is 0 Å². The van der Waals surface area contributed by atoms with Crippen molar-refractivity contribution in [1.82, 2.24) is 0 Å². The summed E-state index contributed by atoms with van der Waals surface area (Å²) in [6.07, 6.45) is 1.99. The van der Waals surface area contributed by atoms with Crippen molar-refractivity contribution in [3.8, 4) is 11.1 Å². The SMILES string of the molecule is CCOC(=O)C(C)(OCc1ccc(-c2ccccc2)cc1)C1(O)CCC1. The Balaban J connectivity index is 1.72. The minimum Gasteiger partial charge on any atom is -0.464 e. The van der Waals surface area contributed by atoms with Gasteiger partial charge in [0, 0.05) is 0 Å². The first-order valence-electron chi connectivity index (χ1n) is 9.16. The lowest BCUT2D eigenvalue weighted by Gasteiger charge is -2.48. The van der Waals surface area contributed by atoms with Gasteiger partial charge in [0.15, 0.2) is 5.60 Å². The van der Waals surface area contributed by atoms with Gasteiger partial charge in [-0.05, 0) is 49.8 Å². The third kappa shape index (κ3) is 3.53. The Morgan fingerprint density at radius 1 is 1.08 bits per heavy atom. The zero-order chi connectivity index (χ0) is 18.6. The molecule has 1 unspecified atom stereocenters. The summed E-state index contributed by atoms with van der Waals surface area (Å²) in [5.74, 6) is -0.497. The first-order valence-corrected chi connectivity index (χ1v) is 9.16. The lowest BCUT2D eigenvalue weighted by atomic mass is 9.69. The molecule has 0 heterocycles. The maximum Gasteiger partial charge on any atom is 0.341 e. The molecule has 4 nitrogen and oxygen atoms in total. The molecule has 0 aliphatic heterocycles. The Hall–Kier alpha value is -2.17. The van der Waals surface area contributed by atoms with Crippen LogP contribution in [-0.2, 0) is 20.9 Å². The average Bonchev–Trinajstić information content (AvgIpc) is 2.65. The van der Waals surface area contributed by atoms with Gasteiger partial charge >= 0.3 is 5.97 Å². The molecule has 26 heavy (non-hydrogen) atoms. The number of benzene rings is 2. The first kappa shape index (κ1) is 18.6. The number of ether oxygens (including phenoxy) is 2. The largest absolute Gasteiger partial charge is 0.464 e. The van der Waals surface area contributed by atoms with Crippen LogP contribution in [0.4, 0.5) is 0 Å². The van der Waals surface area contributed by atoms with Gasteiger partial charge < -0.3 is 14.6 Å². The van der Waals surface area contributed by atoms with Crippen molar-refractivity contribution in [3.05, 3.63) is 60.2 Å². The van der Waals surface area contributed by atoms with Gasteiger partial charge in [0.25, 0.3) is 0 Å². The Morgan fingerprint density at radius 2 is 1.69 bits per heavy atom. The van der Waals surface area contributed by atoms with Crippen LogP contribution < -0.4 is 0 Å². The fraction of sp³-hybridized carbons (Fsp3) is 0.409. The van der Waals surface area contributed by atoms with Crippen LogP contribution in [0.25, 0.3) is 11.1 Å². The second-order valence-corrected chi connectivity index (χ2v) is 6.99. The molecule has 0 amide bonds. The zero-order valence-electron chi connectivity index (χ0n) is 15.4. The average molecular weight is 354 g/mol. The summed E-state index contributed by atoms with van der Waals surface area (Å²) >= 11 is 0. The molecule has 3 rings (SSSR count). The summed E-state index contributed by atoms with van der Waals surface area (Å²) in [6, 6.07) is 18.2. The van der Waals surface area contributed by atoms with Crippen LogP contribution in [0.2, 0.25) is 0 Å². The number of esters is 1. The minimum atomic E-state index is -1.35. The van der Waals surface area contributed by atoms with Crippen molar-refractivity contribution in [1.29, 1.82) is 0 Å². The van der Waals surface area contributed by atoms with Crippen LogP contribution in [0.3, 0.4) is 0 Å². The fourth-order valence-electron chi connectivity index (χ4n) is 3.29. The van der Waals surface area contributed by atoms with Crippen LogP contribution in [0.5, 0.6) is 0 Å². The van der Waals surface area contributed by atoms with Crippen LogP contribution >= 0.6 is 0 Å². The van der Waals surface area contributed by atoms with Crippen molar-refractivity contribution in [2.75, 3.05) is 6.61 Å². The summed E-state index contributed by atoms with van der Waals surface area (Å²) in [5, 5.41) is 10.8. The second-order valence-electron chi connectivity index (χ2n) is 6.99. The topological polar surface area (TPSA) is 55.8 Å². The van der Waals surface area contributed by atoms with E-state index in [1.165, 1.54) is 0 Å². The molecule has 1 atom stereocenters. The highest BCUT2D eigenvalue weighted by Gasteiger charge is 2.57. The van der Waals surface area contributed by atoms with Gasteiger partial charge in [0.1, 0.15) is 5.60 Å². The summed E-state index contributed by atoms with van der Waals surface area (Å²) < 4.78 is 11.1. The van der Waals surface area contributed by atoms with Gasteiger partial charge in [-0.3, -0.25) is 0 Å². The molecule has 138 valence electrons. The van der Waals surface area contributed by atoms with Crippen LogP contribution in [0.1, 0.15) is 38.7 Å². The molecule has 0 aromatic heterocycles. The third-order valence-corrected chi connectivity index (χ3v) is 5.32. The zero-order valence-corrected chi connectivity index (χ0v) is 15.4. The normalized spacial score (nSPS) is 17.8. The Bertz CT molecular complexity index is 734. The molecule has 1 saturated carbocycles. The molecule has 0 radical (unpaired) electrons. The van der Waals surface area contributed by atoms with E-state index >= 15 is 0 Å². The standard InChI is InChI=1S/C22H26O4/c1-3-25-20(23)21(2,22(24)14-7-15-22)26-16-17-10-12-19(13-11-17)18-8-5-4-6-9-18/h4-6,8-13,24H,3,7,14-16H2,1-2H3. The van der Waals surface area contributed by atoms with E-state index < -0.39 is 17.2 Å². The smallest absolute Gasteiger partial charge is 0.341 e. The van der Waals surface area contributed by atoms with Crippen LogP contribution in [0, 0.1) is 0 Å². The molecule has 0 bridgehead atoms. The highest BCUT2D eigenvalue weighted by molar-refractivity contribution is 5.81. The van der Waals surface area contributed by atoms with Crippen molar-refractivity contribution in [2.24, 2.45) is 0 Å². The monoisotopic (exact) mass is 354 g/mol. The van der Waals surface area contributed by atoms with Gasteiger partial charge in [-0.1, -0.05) is 54.6 Å². The van der Waals surface area contributed by atoms with Gasteiger partial charge in [0.2, 0.25) is 0 Å². The van der Waals surface area contributed by atoms with E-state index in [0.29, 0.717) is 12.8 Å². The number of aliphatic hydroxyl groups is 1. The molecule has 2 aromatic rings. The summed E-state index contributed by atoms with van der Waals surface area (Å²) in [4.78, 5) is 12.5. The van der Waals surface area contributed by atoms with E-state index in [9.17, 15) is 9.90 Å². The van der Waals surface area contributed by atoms with E-state index in [2.05, 4.69) is 12.1 Å². The summed E-state index contributed by atoms with van der Waals surface area (Å²) in [5.41, 5.74) is 0.728. The van der Waals surface area contributed by atoms with Gasteiger partial charge in [-0.25, -0.2) is 4.79 Å². The van der Waals surface area contributed by atoms with Crippen molar-refractivity contribution < 1.29 is 19.4 Å². The first-order chi connectivity index (χ1) is 12.5. The maximum absolute atomic E-state index is 12.5. The fourth-order valence-corrected chi connectivity index (χ4v) is 3.29. The molecule has 0 saturated heterocycles. The Kier molecular flexibility index (Phi) is 5.44. The molecule has 1 fully saturated rings. The van der Waals surface area contributed by atoms with Crippen LogP contribution in [0.15, 0.2) is 54.6 Å². The number of carbonyl (C=O) groups is 1. The lowest BCUT2D eigenvalue weighted by Crippen LogP contribution is -2.63. The Morgan fingerprint density at radius 3 is 2.23 bits per heavy atom. The highest BCUT2D eigenvalue weighted by Crippen LogP contribution is 2.44. The minimum absolute atomic E-state index is 0.243. The van der Waals surface area contributed by atoms with Crippen molar-refractivity contribution >= 4 is 5.97 Å². The maximum atomic E-state index is 12.5. The van der Waals surface area contributed by atoms with Gasteiger partial charge in [-0.2, -0.15) is 0 Å². The molecule has 1 N–H and O–H groups in total. The molecular weight excluding hydrogens is 328 g/mol. The van der Waals surface area contributed by atoms with Crippen LogP contribution in [-0.4, -0.2) is 28.9 Å². The van der Waals surface area contributed by atoms with E-state index in [0.717, 1.165) is 23.1 Å². The van der Waals surface area contributed by atoms with Crippen molar-refractivity contribution in [3.63, 3.8) is 0 Å². The molecule has 2 aromatic carbocycles. The Labute approximate surface area is 154 Å². The molecule has 1 aliphatic rings. The number of carbonyl (C=O) groups excluding carboxylic acids is 1. The number of rotatable bonds is 7. The number of hydrogen-bond acceptors (Lipinski definition) is 4.